The van der Waals surface area contributed by atoms with Crippen LogP contribution in [0.1, 0.15) is 35.5 Å². The summed E-state index contributed by atoms with van der Waals surface area (Å²) in [5.74, 6) is -0.728. The van der Waals surface area contributed by atoms with Crippen LogP contribution in [0.3, 0.4) is 0 Å². The van der Waals surface area contributed by atoms with Gasteiger partial charge in [-0.15, -0.1) is 0 Å². The number of carboxylic acid groups (broad SMARTS) is 1. The topological polar surface area (TPSA) is 92.9 Å². The second kappa shape index (κ2) is 5.83. The molecule has 0 aromatic carbocycles. The second-order valence-corrected chi connectivity index (χ2v) is 4.48. The van der Waals surface area contributed by atoms with Crippen LogP contribution >= 0.6 is 0 Å². The molecule has 1 aliphatic rings. The van der Waals surface area contributed by atoms with E-state index >= 15 is 0 Å². The molecular weight excluding hydrogens is 252 g/mol. The maximum atomic E-state index is 12.2. The molecule has 0 bridgehead atoms. The summed E-state index contributed by atoms with van der Waals surface area (Å²) in [6.07, 6.45) is 1.76. The summed E-state index contributed by atoms with van der Waals surface area (Å²) < 4.78 is 9.85. The van der Waals surface area contributed by atoms with Gasteiger partial charge < -0.3 is 19.3 Å². The molecule has 0 radical (unpaired) electrons. The van der Waals surface area contributed by atoms with E-state index in [2.05, 4.69) is 5.16 Å². The number of methoxy groups -OCH3 is 1. The first-order chi connectivity index (χ1) is 9.11. The average Bonchev–Trinajstić information content (AvgIpc) is 3.09. The Labute approximate surface area is 110 Å². The standard InChI is InChI=1S/C12H16N2O5/c1-18-7-9-6-10(13-19-9)12(17)14(8-2-3-8)5-4-11(15)16/h6,8H,2-5,7H2,1H3,(H,15,16). The van der Waals surface area contributed by atoms with Crippen LogP contribution in [-0.4, -0.2) is 46.7 Å². The first-order valence-electron chi connectivity index (χ1n) is 6.09. The van der Waals surface area contributed by atoms with E-state index in [1.807, 2.05) is 0 Å². The fraction of sp³-hybridized carbons (Fsp3) is 0.583. The molecule has 0 spiro atoms. The predicted molar refractivity (Wildman–Crippen MR) is 63.5 cm³/mol. The molecule has 0 unspecified atom stereocenters. The highest BCUT2D eigenvalue weighted by atomic mass is 16.5. The Hall–Kier alpha value is -1.89. The third-order valence-corrected chi connectivity index (χ3v) is 2.88. The molecule has 1 saturated carbocycles. The fourth-order valence-corrected chi connectivity index (χ4v) is 1.82. The molecule has 19 heavy (non-hydrogen) atoms. The SMILES string of the molecule is COCc1cc(C(=O)N(CCC(=O)O)C2CC2)no1. The van der Waals surface area contributed by atoms with Gasteiger partial charge in [0.05, 0.1) is 6.42 Å². The van der Waals surface area contributed by atoms with Crippen LogP contribution in [0.25, 0.3) is 0 Å². The number of carbonyl (C=O) groups is 2. The van der Waals surface area contributed by atoms with Crippen molar-refractivity contribution in [3.8, 4) is 0 Å². The van der Waals surface area contributed by atoms with Gasteiger partial charge in [-0.1, -0.05) is 5.16 Å². The van der Waals surface area contributed by atoms with E-state index in [9.17, 15) is 9.59 Å². The number of ether oxygens (including phenoxy) is 1. The summed E-state index contributed by atoms with van der Waals surface area (Å²) in [4.78, 5) is 24.4. The van der Waals surface area contributed by atoms with Gasteiger partial charge in [0.25, 0.3) is 5.91 Å². The Kier molecular flexibility index (Phi) is 4.16. The van der Waals surface area contributed by atoms with Crippen LogP contribution in [0, 0.1) is 0 Å². The molecular formula is C12H16N2O5. The Morgan fingerprint density at radius 3 is 2.89 bits per heavy atom. The van der Waals surface area contributed by atoms with Gasteiger partial charge in [-0.2, -0.15) is 0 Å². The summed E-state index contributed by atoms with van der Waals surface area (Å²) in [5.41, 5.74) is 0.198. The quantitative estimate of drug-likeness (QED) is 0.789. The van der Waals surface area contributed by atoms with Crippen molar-refractivity contribution in [3.63, 3.8) is 0 Å². The average molecular weight is 268 g/mol. The maximum Gasteiger partial charge on any atom is 0.305 e. The largest absolute Gasteiger partial charge is 0.481 e. The first-order valence-corrected chi connectivity index (χ1v) is 6.09. The second-order valence-electron chi connectivity index (χ2n) is 4.48. The van der Waals surface area contributed by atoms with Crippen molar-refractivity contribution in [2.75, 3.05) is 13.7 Å². The van der Waals surface area contributed by atoms with Gasteiger partial charge in [0.1, 0.15) is 6.61 Å². The minimum atomic E-state index is -0.918. The number of hydrogen-bond donors (Lipinski definition) is 1. The van der Waals surface area contributed by atoms with Crippen molar-refractivity contribution in [1.29, 1.82) is 0 Å². The lowest BCUT2D eigenvalue weighted by Crippen LogP contribution is -2.35. The van der Waals surface area contributed by atoms with Crippen LogP contribution in [-0.2, 0) is 16.1 Å². The van der Waals surface area contributed by atoms with E-state index in [1.54, 1.807) is 4.90 Å². The van der Waals surface area contributed by atoms with Gasteiger partial charge in [0.15, 0.2) is 11.5 Å². The number of rotatable bonds is 7. The zero-order valence-corrected chi connectivity index (χ0v) is 10.7. The summed E-state index contributed by atoms with van der Waals surface area (Å²) in [5, 5.41) is 12.4. The molecule has 7 heteroatoms. The monoisotopic (exact) mass is 268 g/mol. The van der Waals surface area contributed by atoms with E-state index in [4.69, 9.17) is 14.4 Å². The third kappa shape index (κ3) is 3.54. The molecule has 1 heterocycles. The Balaban J connectivity index is 2.03. The number of aromatic nitrogens is 1. The van der Waals surface area contributed by atoms with Gasteiger partial charge in [0, 0.05) is 25.8 Å². The molecule has 0 aliphatic heterocycles. The molecule has 1 fully saturated rings. The Morgan fingerprint density at radius 2 is 2.32 bits per heavy atom. The third-order valence-electron chi connectivity index (χ3n) is 2.88. The highest BCUT2D eigenvalue weighted by Gasteiger charge is 2.34. The molecule has 1 aliphatic carbocycles. The van der Waals surface area contributed by atoms with Gasteiger partial charge in [-0.25, -0.2) is 0 Å². The van der Waals surface area contributed by atoms with Crippen molar-refractivity contribution >= 4 is 11.9 Å². The molecule has 104 valence electrons. The number of carbonyl (C=O) groups excluding carboxylic acids is 1. The maximum absolute atomic E-state index is 12.2. The van der Waals surface area contributed by atoms with E-state index in [-0.39, 0.29) is 37.2 Å². The highest BCUT2D eigenvalue weighted by Crippen LogP contribution is 2.28. The summed E-state index contributed by atoms with van der Waals surface area (Å²) in [6.45, 7) is 0.449. The summed E-state index contributed by atoms with van der Waals surface area (Å²) >= 11 is 0. The fourth-order valence-electron chi connectivity index (χ4n) is 1.82. The van der Waals surface area contributed by atoms with Gasteiger partial charge >= 0.3 is 5.97 Å². The van der Waals surface area contributed by atoms with Crippen molar-refractivity contribution in [1.82, 2.24) is 10.1 Å². The Morgan fingerprint density at radius 1 is 1.58 bits per heavy atom. The van der Waals surface area contributed by atoms with Crippen LogP contribution in [0.15, 0.2) is 10.6 Å². The van der Waals surface area contributed by atoms with Crippen LogP contribution < -0.4 is 0 Å². The van der Waals surface area contributed by atoms with Crippen molar-refractivity contribution < 1.29 is 24.0 Å². The Bertz CT molecular complexity index is 466. The first kappa shape index (κ1) is 13.5. The molecule has 7 nitrogen and oxygen atoms in total. The zero-order chi connectivity index (χ0) is 13.8. The van der Waals surface area contributed by atoms with Crippen molar-refractivity contribution in [3.05, 3.63) is 17.5 Å². The minimum Gasteiger partial charge on any atom is -0.481 e. The molecule has 1 aromatic rings. The highest BCUT2D eigenvalue weighted by molar-refractivity contribution is 5.92. The number of carboxylic acids is 1. The molecule has 1 aromatic heterocycles. The minimum absolute atomic E-state index is 0.0645. The summed E-state index contributed by atoms with van der Waals surface area (Å²) in [7, 11) is 1.52. The number of amides is 1. The van der Waals surface area contributed by atoms with Crippen molar-refractivity contribution in [2.24, 2.45) is 0 Å². The van der Waals surface area contributed by atoms with Crippen LogP contribution in [0.4, 0.5) is 0 Å². The van der Waals surface area contributed by atoms with Gasteiger partial charge in [-0.3, -0.25) is 9.59 Å². The van der Waals surface area contributed by atoms with Crippen molar-refractivity contribution in [2.45, 2.75) is 31.9 Å². The number of hydrogen-bond acceptors (Lipinski definition) is 5. The lowest BCUT2D eigenvalue weighted by atomic mass is 10.3. The molecule has 1 N–H and O–H groups in total. The number of aliphatic carboxylic acids is 1. The number of nitrogens with zero attached hydrogens (tertiary/aromatic N) is 2. The molecule has 0 atom stereocenters. The van der Waals surface area contributed by atoms with E-state index in [0.29, 0.717) is 5.76 Å². The predicted octanol–water partition coefficient (Wildman–Crippen LogP) is 0.900. The van der Waals surface area contributed by atoms with Gasteiger partial charge in [0.2, 0.25) is 0 Å². The van der Waals surface area contributed by atoms with Gasteiger partial charge in [-0.05, 0) is 12.8 Å². The van der Waals surface area contributed by atoms with Crippen LogP contribution in [0.2, 0.25) is 0 Å². The molecule has 0 saturated heterocycles. The smallest absolute Gasteiger partial charge is 0.305 e. The van der Waals surface area contributed by atoms with Crippen LogP contribution in [0.5, 0.6) is 0 Å². The van der Waals surface area contributed by atoms with E-state index < -0.39 is 5.97 Å². The zero-order valence-electron chi connectivity index (χ0n) is 10.7. The van der Waals surface area contributed by atoms with E-state index in [1.165, 1.54) is 13.2 Å². The lowest BCUT2D eigenvalue weighted by Gasteiger charge is -2.19. The lowest BCUT2D eigenvalue weighted by molar-refractivity contribution is -0.137. The normalized spacial score (nSPS) is 14.4. The molecule has 1 amide bonds. The summed E-state index contributed by atoms with van der Waals surface area (Å²) in [6, 6.07) is 1.66. The van der Waals surface area contributed by atoms with E-state index in [0.717, 1.165) is 12.8 Å². The molecule has 2 rings (SSSR count).